The molecule has 0 aromatic carbocycles. The topological polar surface area (TPSA) is 115 Å². The molecule has 0 radical (unpaired) electrons. The molecule has 14 heavy (non-hydrogen) atoms. The number of oxazole rings is 1. The maximum absolute atomic E-state index is 10.8. The van der Waals surface area contributed by atoms with Crippen LogP contribution in [0.15, 0.2) is 4.42 Å². The molecule has 78 valence electrons. The van der Waals surface area contributed by atoms with Crippen LogP contribution in [-0.4, -0.2) is 25.6 Å². The van der Waals surface area contributed by atoms with Crippen LogP contribution in [0.25, 0.3) is 0 Å². The first-order valence-corrected chi connectivity index (χ1v) is 5.44. The van der Waals surface area contributed by atoms with E-state index in [-0.39, 0.29) is 17.5 Å². The van der Waals surface area contributed by atoms with Crippen LogP contribution < -0.4 is 10.5 Å². The normalized spacial score (nSPS) is 11.3. The number of aromatic nitrogens is 1. The second-order valence-corrected chi connectivity index (χ2v) is 4.42. The number of sulfonamides is 1. The van der Waals surface area contributed by atoms with Gasteiger partial charge in [-0.25, -0.2) is 13.4 Å². The minimum atomic E-state index is -3.45. The van der Waals surface area contributed by atoms with Crippen molar-refractivity contribution in [1.82, 2.24) is 4.98 Å². The van der Waals surface area contributed by atoms with Crippen LogP contribution in [-0.2, 0) is 10.0 Å². The van der Waals surface area contributed by atoms with E-state index in [2.05, 4.69) is 9.71 Å². The molecule has 0 saturated carbocycles. The summed E-state index contributed by atoms with van der Waals surface area (Å²) in [5, 5.41) is 0. The van der Waals surface area contributed by atoms with Crippen LogP contribution in [0.3, 0.4) is 0 Å². The number of nitrogens with zero attached hydrogens (tertiary/aromatic N) is 1. The zero-order valence-corrected chi connectivity index (χ0v) is 8.38. The maximum Gasteiger partial charge on any atom is 0.304 e. The lowest BCUT2D eigenvalue weighted by Crippen LogP contribution is -2.11. The Kier molecular flexibility index (Phi) is 2.47. The highest BCUT2D eigenvalue weighted by Crippen LogP contribution is 2.16. The predicted molar refractivity (Wildman–Crippen MR) is 48.2 cm³/mol. The number of primary amides is 1. The number of carbonyl (C=O) groups is 1. The van der Waals surface area contributed by atoms with Crippen LogP contribution in [0.4, 0.5) is 5.88 Å². The Morgan fingerprint density at radius 2 is 2.14 bits per heavy atom. The highest BCUT2D eigenvalue weighted by molar-refractivity contribution is 7.92. The van der Waals surface area contributed by atoms with Gasteiger partial charge in [0.15, 0.2) is 0 Å². The van der Waals surface area contributed by atoms with E-state index in [9.17, 15) is 13.2 Å². The Bertz CT molecular complexity index is 461. The van der Waals surface area contributed by atoms with Crippen molar-refractivity contribution in [3.63, 3.8) is 0 Å². The molecule has 0 fully saturated rings. The Hall–Kier alpha value is -1.57. The molecular formula is C6H9N3O4S. The quantitative estimate of drug-likeness (QED) is 0.707. The monoisotopic (exact) mass is 219 g/mol. The van der Waals surface area contributed by atoms with E-state index in [1.807, 2.05) is 0 Å². The fourth-order valence-corrected chi connectivity index (χ4v) is 1.29. The summed E-state index contributed by atoms with van der Waals surface area (Å²) >= 11 is 0. The van der Waals surface area contributed by atoms with Crippen molar-refractivity contribution in [2.45, 2.75) is 6.92 Å². The average Bonchev–Trinajstić information content (AvgIpc) is 2.29. The van der Waals surface area contributed by atoms with E-state index in [1.165, 1.54) is 6.92 Å². The number of anilines is 1. The summed E-state index contributed by atoms with van der Waals surface area (Å²) in [6.07, 6.45) is 0.957. The van der Waals surface area contributed by atoms with Gasteiger partial charge in [0.2, 0.25) is 15.9 Å². The lowest BCUT2D eigenvalue weighted by molar-refractivity contribution is 0.0968. The molecular weight excluding hydrogens is 210 g/mol. The standard InChI is InChI=1S/C6H9N3O4S/c1-3-5(9-14(2,11)12)13-6(8-3)4(7)10/h9H,1-2H3,(H2,7,10). The van der Waals surface area contributed by atoms with Crippen LogP contribution in [0, 0.1) is 6.92 Å². The lowest BCUT2D eigenvalue weighted by atomic mass is 10.5. The summed E-state index contributed by atoms with van der Waals surface area (Å²) in [5.41, 5.74) is 5.14. The van der Waals surface area contributed by atoms with Crippen LogP contribution >= 0.6 is 0 Å². The molecule has 7 nitrogen and oxygen atoms in total. The van der Waals surface area contributed by atoms with Crippen molar-refractivity contribution >= 4 is 21.8 Å². The molecule has 0 spiro atoms. The third-order valence-electron chi connectivity index (χ3n) is 1.29. The highest BCUT2D eigenvalue weighted by atomic mass is 32.2. The van der Waals surface area contributed by atoms with Crippen LogP contribution in [0.2, 0.25) is 0 Å². The summed E-state index contributed by atoms with van der Waals surface area (Å²) in [5.74, 6) is -1.27. The maximum atomic E-state index is 10.8. The molecule has 0 saturated heterocycles. The van der Waals surface area contributed by atoms with Crippen molar-refractivity contribution in [1.29, 1.82) is 0 Å². The third-order valence-corrected chi connectivity index (χ3v) is 1.84. The number of carbonyl (C=O) groups excluding carboxylic acids is 1. The van der Waals surface area contributed by atoms with Gasteiger partial charge in [0.05, 0.1) is 6.26 Å². The molecule has 1 amide bonds. The molecule has 0 aliphatic carbocycles. The molecule has 0 bridgehead atoms. The summed E-state index contributed by atoms with van der Waals surface area (Å²) < 4.78 is 28.5. The number of rotatable bonds is 3. The highest BCUT2D eigenvalue weighted by Gasteiger charge is 2.15. The first kappa shape index (κ1) is 10.5. The minimum absolute atomic E-state index is 0.0960. The second kappa shape index (κ2) is 3.29. The second-order valence-electron chi connectivity index (χ2n) is 2.67. The van der Waals surface area contributed by atoms with E-state index in [0.717, 1.165) is 6.26 Å². The van der Waals surface area contributed by atoms with Crippen molar-refractivity contribution in [3.8, 4) is 0 Å². The van der Waals surface area contributed by atoms with Gasteiger partial charge in [0.25, 0.3) is 5.89 Å². The largest absolute Gasteiger partial charge is 0.415 e. The van der Waals surface area contributed by atoms with Gasteiger partial charge in [-0.15, -0.1) is 0 Å². The molecule has 1 aromatic rings. The summed E-state index contributed by atoms with van der Waals surface area (Å²) in [4.78, 5) is 14.2. The molecule has 1 heterocycles. The first-order valence-electron chi connectivity index (χ1n) is 3.54. The van der Waals surface area contributed by atoms with Gasteiger partial charge < -0.3 is 10.2 Å². The van der Waals surface area contributed by atoms with Gasteiger partial charge >= 0.3 is 5.91 Å². The third kappa shape index (κ3) is 2.46. The number of hydrogen-bond donors (Lipinski definition) is 2. The zero-order valence-electron chi connectivity index (χ0n) is 7.57. The molecule has 0 aliphatic heterocycles. The van der Waals surface area contributed by atoms with Crippen molar-refractivity contribution in [3.05, 3.63) is 11.6 Å². The van der Waals surface area contributed by atoms with Crippen molar-refractivity contribution in [2.75, 3.05) is 11.0 Å². The number of amides is 1. The minimum Gasteiger partial charge on any atom is -0.415 e. The van der Waals surface area contributed by atoms with Gasteiger partial charge in [0, 0.05) is 0 Å². The lowest BCUT2D eigenvalue weighted by Gasteiger charge is -1.97. The Balaban J connectivity index is 3.05. The average molecular weight is 219 g/mol. The van der Waals surface area contributed by atoms with Crippen LogP contribution in [0.1, 0.15) is 16.4 Å². The first-order chi connectivity index (χ1) is 6.29. The Labute approximate surface area is 80.4 Å². The van der Waals surface area contributed by atoms with E-state index >= 15 is 0 Å². The smallest absolute Gasteiger partial charge is 0.304 e. The Morgan fingerprint density at radius 1 is 1.57 bits per heavy atom. The van der Waals surface area contributed by atoms with Gasteiger partial charge in [-0.1, -0.05) is 0 Å². The fourth-order valence-electron chi connectivity index (χ4n) is 0.765. The number of aryl methyl sites for hydroxylation is 1. The van der Waals surface area contributed by atoms with Crippen molar-refractivity contribution < 1.29 is 17.6 Å². The van der Waals surface area contributed by atoms with E-state index < -0.39 is 15.9 Å². The molecule has 1 aromatic heterocycles. The van der Waals surface area contributed by atoms with Gasteiger partial charge in [-0.2, -0.15) is 0 Å². The predicted octanol–water partition coefficient (Wildman–Crippen LogP) is -0.547. The van der Waals surface area contributed by atoms with Gasteiger partial charge in [-0.05, 0) is 6.92 Å². The SMILES string of the molecule is Cc1nc(C(N)=O)oc1NS(C)(=O)=O. The van der Waals surface area contributed by atoms with Crippen molar-refractivity contribution in [2.24, 2.45) is 5.73 Å². The molecule has 3 N–H and O–H groups in total. The van der Waals surface area contributed by atoms with Crippen LogP contribution in [0.5, 0.6) is 0 Å². The van der Waals surface area contributed by atoms with E-state index in [4.69, 9.17) is 10.2 Å². The summed E-state index contributed by atoms with van der Waals surface area (Å²) in [7, 11) is -3.45. The molecule has 0 aliphatic rings. The van der Waals surface area contributed by atoms with Gasteiger partial charge in [-0.3, -0.25) is 9.52 Å². The zero-order chi connectivity index (χ0) is 10.9. The summed E-state index contributed by atoms with van der Waals surface area (Å²) in [6, 6.07) is 0. The fraction of sp³-hybridized carbons (Fsp3) is 0.333. The summed E-state index contributed by atoms with van der Waals surface area (Å²) in [6.45, 7) is 1.49. The van der Waals surface area contributed by atoms with E-state index in [0.29, 0.717) is 0 Å². The Morgan fingerprint density at radius 3 is 2.50 bits per heavy atom. The molecule has 1 rings (SSSR count). The molecule has 0 unspecified atom stereocenters. The molecule has 0 atom stereocenters. The number of nitrogens with one attached hydrogen (secondary N) is 1. The van der Waals surface area contributed by atoms with Gasteiger partial charge in [0.1, 0.15) is 5.69 Å². The number of hydrogen-bond acceptors (Lipinski definition) is 5. The molecule has 8 heteroatoms. The van der Waals surface area contributed by atoms with E-state index in [1.54, 1.807) is 0 Å². The number of nitrogens with two attached hydrogens (primary N) is 1.